The first-order valence-electron chi connectivity index (χ1n) is 8.37. The molecular weight excluding hydrogens is 344 g/mol. The van der Waals surface area contributed by atoms with Gasteiger partial charge in [-0.15, -0.1) is 0 Å². The zero-order valence-electron chi connectivity index (χ0n) is 14.6. The van der Waals surface area contributed by atoms with Gasteiger partial charge in [-0.05, 0) is 12.1 Å². The van der Waals surface area contributed by atoms with Crippen LogP contribution < -0.4 is 5.32 Å². The third-order valence-corrected chi connectivity index (χ3v) is 5.32. The SMILES string of the molecule is CS(=O)(=O)N(CCC(=O)NCc1ccccn1)CCN1CCOCC1. The summed E-state index contributed by atoms with van der Waals surface area (Å²) in [7, 11) is -3.35. The lowest BCUT2D eigenvalue weighted by atomic mass is 10.3. The number of sulfonamides is 1. The molecule has 9 heteroatoms. The number of rotatable bonds is 9. The van der Waals surface area contributed by atoms with Crippen LogP contribution >= 0.6 is 0 Å². The molecule has 2 rings (SSSR count). The fourth-order valence-corrected chi connectivity index (χ4v) is 3.36. The molecule has 1 fully saturated rings. The molecule has 0 radical (unpaired) electrons. The number of hydrogen-bond donors (Lipinski definition) is 1. The van der Waals surface area contributed by atoms with Gasteiger partial charge in [-0.2, -0.15) is 0 Å². The van der Waals surface area contributed by atoms with Crippen LogP contribution in [0.1, 0.15) is 12.1 Å². The summed E-state index contributed by atoms with van der Waals surface area (Å²) in [6.45, 7) is 4.51. The van der Waals surface area contributed by atoms with Crippen LogP contribution in [0.2, 0.25) is 0 Å². The maximum absolute atomic E-state index is 12.0. The number of morpholine rings is 1. The number of carbonyl (C=O) groups is 1. The lowest BCUT2D eigenvalue weighted by molar-refractivity contribution is -0.121. The summed E-state index contributed by atoms with van der Waals surface area (Å²) >= 11 is 0. The number of ether oxygens (including phenoxy) is 1. The highest BCUT2D eigenvalue weighted by atomic mass is 32.2. The van der Waals surface area contributed by atoms with Crippen molar-refractivity contribution in [2.45, 2.75) is 13.0 Å². The predicted molar refractivity (Wildman–Crippen MR) is 94.4 cm³/mol. The van der Waals surface area contributed by atoms with E-state index in [-0.39, 0.29) is 18.9 Å². The molecule has 0 aromatic carbocycles. The maximum Gasteiger partial charge on any atom is 0.221 e. The van der Waals surface area contributed by atoms with E-state index in [0.717, 1.165) is 18.8 Å². The molecule has 1 aliphatic rings. The van der Waals surface area contributed by atoms with Gasteiger partial charge in [-0.3, -0.25) is 14.7 Å². The molecule has 0 atom stereocenters. The van der Waals surface area contributed by atoms with Gasteiger partial charge in [-0.25, -0.2) is 12.7 Å². The zero-order valence-corrected chi connectivity index (χ0v) is 15.4. The highest BCUT2D eigenvalue weighted by Crippen LogP contribution is 2.03. The Labute approximate surface area is 149 Å². The van der Waals surface area contributed by atoms with Crippen molar-refractivity contribution in [2.75, 3.05) is 52.2 Å². The number of nitrogens with one attached hydrogen (secondary N) is 1. The van der Waals surface area contributed by atoms with Gasteiger partial charge in [0.15, 0.2) is 0 Å². The number of hydrogen-bond acceptors (Lipinski definition) is 6. The van der Waals surface area contributed by atoms with Gasteiger partial charge in [0, 0.05) is 45.3 Å². The molecule has 1 saturated heterocycles. The molecule has 0 saturated carbocycles. The smallest absolute Gasteiger partial charge is 0.221 e. The van der Waals surface area contributed by atoms with Crippen LogP contribution in [-0.4, -0.2) is 80.7 Å². The topological polar surface area (TPSA) is 91.8 Å². The van der Waals surface area contributed by atoms with Gasteiger partial charge in [0.05, 0.1) is 31.7 Å². The van der Waals surface area contributed by atoms with Crippen molar-refractivity contribution in [1.29, 1.82) is 0 Å². The Hall–Kier alpha value is -1.55. The van der Waals surface area contributed by atoms with E-state index in [1.165, 1.54) is 10.6 Å². The second-order valence-corrected chi connectivity index (χ2v) is 7.95. The van der Waals surface area contributed by atoms with Crippen LogP contribution in [0.15, 0.2) is 24.4 Å². The molecule has 1 N–H and O–H groups in total. The highest BCUT2D eigenvalue weighted by molar-refractivity contribution is 7.88. The Morgan fingerprint density at radius 1 is 1.32 bits per heavy atom. The standard InChI is InChI=1S/C16H26N4O4S/c1-25(22,23)20(9-8-19-10-12-24-13-11-19)7-5-16(21)18-14-15-4-2-3-6-17-15/h2-4,6H,5,7-14H2,1H3,(H,18,21). The molecule has 1 aromatic rings. The van der Waals surface area contributed by atoms with E-state index in [2.05, 4.69) is 15.2 Å². The lowest BCUT2D eigenvalue weighted by Crippen LogP contribution is -2.43. The van der Waals surface area contributed by atoms with Crippen molar-refractivity contribution in [3.05, 3.63) is 30.1 Å². The Kier molecular flexibility index (Phi) is 7.76. The third kappa shape index (κ3) is 7.47. The molecule has 0 spiro atoms. The first kappa shape index (κ1) is 19.8. The predicted octanol–water partition coefficient (Wildman–Crippen LogP) is -0.318. The van der Waals surface area contributed by atoms with Gasteiger partial charge in [0.1, 0.15) is 0 Å². The molecular formula is C16H26N4O4S. The summed E-state index contributed by atoms with van der Waals surface area (Å²) in [5, 5.41) is 2.76. The van der Waals surface area contributed by atoms with Crippen molar-refractivity contribution in [1.82, 2.24) is 19.5 Å². The molecule has 0 aliphatic carbocycles. The minimum atomic E-state index is -3.35. The van der Waals surface area contributed by atoms with Gasteiger partial charge >= 0.3 is 0 Å². The summed E-state index contributed by atoms with van der Waals surface area (Å²) in [4.78, 5) is 18.3. The van der Waals surface area contributed by atoms with Gasteiger partial charge in [0.25, 0.3) is 0 Å². The van der Waals surface area contributed by atoms with Crippen LogP contribution in [-0.2, 0) is 26.1 Å². The summed E-state index contributed by atoms with van der Waals surface area (Å²) in [6.07, 6.45) is 2.97. The number of carbonyl (C=O) groups excluding carboxylic acids is 1. The van der Waals surface area contributed by atoms with Crippen molar-refractivity contribution in [2.24, 2.45) is 0 Å². The Balaban J connectivity index is 1.75. The Morgan fingerprint density at radius 3 is 2.72 bits per heavy atom. The van der Waals surface area contributed by atoms with E-state index in [1.807, 2.05) is 18.2 Å². The largest absolute Gasteiger partial charge is 0.379 e. The summed E-state index contributed by atoms with van der Waals surface area (Å²) < 4.78 is 30.5. The number of nitrogens with zero attached hydrogens (tertiary/aromatic N) is 3. The van der Waals surface area contributed by atoms with E-state index in [4.69, 9.17) is 4.74 Å². The first-order chi connectivity index (χ1) is 11.9. The van der Waals surface area contributed by atoms with Crippen molar-refractivity contribution in [3.63, 3.8) is 0 Å². The Morgan fingerprint density at radius 2 is 2.08 bits per heavy atom. The minimum absolute atomic E-state index is 0.128. The van der Waals surface area contributed by atoms with Crippen molar-refractivity contribution >= 4 is 15.9 Å². The van der Waals surface area contributed by atoms with Gasteiger partial charge in [-0.1, -0.05) is 6.07 Å². The van der Waals surface area contributed by atoms with E-state index in [1.54, 1.807) is 6.20 Å². The molecule has 2 heterocycles. The fraction of sp³-hybridized carbons (Fsp3) is 0.625. The Bertz CT molecular complexity index is 633. The van der Waals surface area contributed by atoms with Crippen molar-refractivity contribution < 1.29 is 17.9 Å². The molecule has 0 bridgehead atoms. The number of pyridine rings is 1. The molecule has 1 aromatic heterocycles. The minimum Gasteiger partial charge on any atom is -0.379 e. The molecule has 8 nitrogen and oxygen atoms in total. The summed E-state index contributed by atoms with van der Waals surface area (Å²) in [5.41, 5.74) is 0.767. The quantitative estimate of drug-likeness (QED) is 0.641. The normalized spacial score (nSPS) is 16.1. The highest BCUT2D eigenvalue weighted by Gasteiger charge is 2.19. The van der Waals surface area contributed by atoms with Gasteiger partial charge in [0.2, 0.25) is 15.9 Å². The number of aromatic nitrogens is 1. The van der Waals surface area contributed by atoms with E-state index >= 15 is 0 Å². The third-order valence-electron chi connectivity index (χ3n) is 4.02. The van der Waals surface area contributed by atoms with Crippen LogP contribution in [0.25, 0.3) is 0 Å². The lowest BCUT2D eigenvalue weighted by Gasteiger charge is -2.29. The molecule has 1 aliphatic heterocycles. The van der Waals surface area contributed by atoms with E-state index in [9.17, 15) is 13.2 Å². The van der Waals surface area contributed by atoms with E-state index in [0.29, 0.717) is 32.8 Å². The molecule has 140 valence electrons. The maximum atomic E-state index is 12.0. The van der Waals surface area contributed by atoms with Crippen LogP contribution in [0.3, 0.4) is 0 Å². The van der Waals surface area contributed by atoms with Crippen LogP contribution in [0.4, 0.5) is 0 Å². The summed E-state index contributed by atoms with van der Waals surface area (Å²) in [5.74, 6) is -0.189. The molecule has 1 amide bonds. The second-order valence-electron chi connectivity index (χ2n) is 5.96. The van der Waals surface area contributed by atoms with Crippen molar-refractivity contribution in [3.8, 4) is 0 Å². The van der Waals surface area contributed by atoms with Crippen LogP contribution in [0.5, 0.6) is 0 Å². The second kappa shape index (κ2) is 9.81. The van der Waals surface area contributed by atoms with Crippen LogP contribution in [0, 0.1) is 0 Å². The average molecular weight is 370 g/mol. The van der Waals surface area contributed by atoms with Gasteiger partial charge < -0.3 is 10.1 Å². The molecule has 25 heavy (non-hydrogen) atoms. The molecule has 0 unspecified atom stereocenters. The zero-order chi connectivity index (χ0) is 18.1. The summed E-state index contributed by atoms with van der Waals surface area (Å²) in [6, 6.07) is 5.49. The number of amides is 1. The monoisotopic (exact) mass is 370 g/mol. The first-order valence-corrected chi connectivity index (χ1v) is 10.2. The fourth-order valence-electron chi connectivity index (χ4n) is 2.53. The van der Waals surface area contributed by atoms with E-state index < -0.39 is 10.0 Å². The average Bonchev–Trinajstić information content (AvgIpc) is 2.60.